The van der Waals surface area contributed by atoms with Crippen LogP contribution in [0.5, 0.6) is 5.75 Å². The molecule has 4 heteroatoms. The average molecular weight is 494 g/mol. The molecule has 0 aromatic heterocycles. The lowest BCUT2D eigenvalue weighted by atomic mass is 10.0. The molecule has 0 bridgehead atoms. The van der Waals surface area contributed by atoms with Gasteiger partial charge in [0.1, 0.15) is 5.75 Å². The highest BCUT2D eigenvalue weighted by molar-refractivity contribution is 7.97. The predicted octanol–water partition coefficient (Wildman–Crippen LogP) is 6.92. The van der Waals surface area contributed by atoms with Gasteiger partial charge in [-0.05, 0) is 74.0 Å². The van der Waals surface area contributed by atoms with E-state index in [1.165, 1.54) is 14.7 Å². The Morgan fingerprint density at radius 3 is 1.78 bits per heavy atom. The number of benzene rings is 4. The van der Waals surface area contributed by atoms with E-state index in [-0.39, 0.29) is 17.5 Å². The molecule has 0 spiro atoms. The van der Waals surface area contributed by atoms with E-state index in [4.69, 9.17) is 9.47 Å². The van der Waals surface area contributed by atoms with Crippen LogP contribution in [-0.4, -0.2) is 18.2 Å². The molecule has 0 saturated heterocycles. The van der Waals surface area contributed by atoms with Crippen molar-refractivity contribution >= 4 is 16.9 Å². The van der Waals surface area contributed by atoms with Crippen LogP contribution in [0.2, 0.25) is 0 Å². The van der Waals surface area contributed by atoms with E-state index >= 15 is 0 Å². The van der Waals surface area contributed by atoms with Crippen molar-refractivity contribution in [2.45, 2.75) is 40.6 Å². The molecular formula is C32H29O3S+. The molecule has 0 aliphatic heterocycles. The van der Waals surface area contributed by atoms with E-state index in [1.807, 2.05) is 68.4 Å². The van der Waals surface area contributed by atoms with Gasteiger partial charge in [0.25, 0.3) is 0 Å². The molecule has 1 unspecified atom stereocenters. The Kier molecular flexibility index (Phi) is 8.49. The monoisotopic (exact) mass is 493 g/mol. The van der Waals surface area contributed by atoms with Crippen molar-refractivity contribution in [2.75, 3.05) is 6.61 Å². The van der Waals surface area contributed by atoms with Crippen LogP contribution in [0.25, 0.3) is 0 Å². The number of esters is 1. The SMILES string of the molecule is CCC(C)(C#Cc1ccccc1)OC(=O)COc1ccc([S+](c2ccccc2)c2ccccc2)cc1. The number of hydrogen-bond acceptors (Lipinski definition) is 3. The minimum atomic E-state index is -0.875. The third-order valence-electron chi connectivity index (χ3n) is 5.63. The lowest BCUT2D eigenvalue weighted by Gasteiger charge is -2.22. The summed E-state index contributed by atoms with van der Waals surface area (Å²) in [5.74, 6) is 6.36. The zero-order valence-electron chi connectivity index (χ0n) is 20.5. The van der Waals surface area contributed by atoms with Crippen LogP contribution in [0.15, 0.2) is 130 Å². The first-order chi connectivity index (χ1) is 17.6. The fourth-order valence-corrected chi connectivity index (χ4v) is 5.61. The van der Waals surface area contributed by atoms with Crippen LogP contribution in [0.3, 0.4) is 0 Å². The van der Waals surface area contributed by atoms with E-state index < -0.39 is 11.6 Å². The van der Waals surface area contributed by atoms with Crippen molar-refractivity contribution in [3.8, 4) is 17.6 Å². The van der Waals surface area contributed by atoms with Crippen LogP contribution in [0, 0.1) is 11.8 Å². The van der Waals surface area contributed by atoms with Gasteiger partial charge in [-0.15, -0.1) is 0 Å². The lowest BCUT2D eigenvalue weighted by molar-refractivity contribution is -0.155. The normalized spacial score (nSPS) is 12.2. The van der Waals surface area contributed by atoms with Crippen molar-refractivity contribution in [1.82, 2.24) is 0 Å². The van der Waals surface area contributed by atoms with Crippen molar-refractivity contribution in [3.63, 3.8) is 0 Å². The summed E-state index contributed by atoms with van der Waals surface area (Å²) < 4.78 is 11.4. The maximum Gasteiger partial charge on any atom is 0.345 e. The molecule has 0 saturated carbocycles. The molecule has 4 aromatic rings. The zero-order chi connectivity index (χ0) is 25.2. The predicted molar refractivity (Wildman–Crippen MR) is 145 cm³/mol. The number of ether oxygens (including phenoxy) is 2. The van der Waals surface area contributed by atoms with Gasteiger partial charge in [0.2, 0.25) is 0 Å². The molecule has 0 N–H and O–H groups in total. The summed E-state index contributed by atoms with van der Waals surface area (Å²) in [6.07, 6.45) is 0.578. The summed E-state index contributed by atoms with van der Waals surface area (Å²) in [4.78, 5) is 16.2. The topological polar surface area (TPSA) is 35.5 Å². The molecule has 3 nitrogen and oxygen atoms in total. The van der Waals surface area contributed by atoms with Crippen LogP contribution < -0.4 is 4.74 Å². The first-order valence-corrected chi connectivity index (χ1v) is 13.2. The molecule has 0 radical (unpaired) electrons. The van der Waals surface area contributed by atoms with Gasteiger partial charge < -0.3 is 9.47 Å². The molecule has 0 heterocycles. The van der Waals surface area contributed by atoms with E-state index in [0.29, 0.717) is 12.2 Å². The first-order valence-electron chi connectivity index (χ1n) is 11.9. The van der Waals surface area contributed by atoms with Gasteiger partial charge in [0.15, 0.2) is 26.9 Å². The van der Waals surface area contributed by atoms with Crippen molar-refractivity contribution in [1.29, 1.82) is 0 Å². The second-order valence-corrected chi connectivity index (χ2v) is 10.4. The third kappa shape index (κ3) is 6.81. The zero-order valence-corrected chi connectivity index (χ0v) is 21.3. The fraction of sp³-hybridized carbons (Fsp3) is 0.156. The number of carbonyl (C=O) groups excluding carboxylic acids is 1. The molecule has 4 aromatic carbocycles. The van der Waals surface area contributed by atoms with Gasteiger partial charge in [-0.2, -0.15) is 0 Å². The Balaban J connectivity index is 1.41. The van der Waals surface area contributed by atoms with E-state index in [1.54, 1.807) is 0 Å². The van der Waals surface area contributed by atoms with E-state index in [2.05, 4.69) is 72.5 Å². The van der Waals surface area contributed by atoms with Gasteiger partial charge >= 0.3 is 5.97 Å². The maximum absolute atomic E-state index is 12.5. The maximum atomic E-state index is 12.5. The molecule has 4 rings (SSSR count). The Morgan fingerprint density at radius 2 is 1.25 bits per heavy atom. The standard InChI is InChI=1S/C32H29O3S/c1-3-32(2,24-23-26-13-7-4-8-14-26)35-31(33)25-34-27-19-21-30(22-20-27)36(28-15-9-5-10-16-28)29-17-11-6-12-18-29/h4-22H,3,25H2,1-2H3/q+1. The molecule has 180 valence electrons. The summed E-state index contributed by atoms with van der Waals surface area (Å²) >= 11 is 0. The molecule has 0 aliphatic carbocycles. The van der Waals surface area contributed by atoms with Gasteiger partial charge in [-0.25, -0.2) is 4.79 Å². The number of carbonyl (C=O) groups is 1. The van der Waals surface area contributed by atoms with Crippen LogP contribution in [-0.2, 0) is 20.4 Å². The van der Waals surface area contributed by atoms with Crippen molar-refractivity contribution in [2.24, 2.45) is 0 Å². The molecule has 1 atom stereocenters. The molecule has 0 amide bonds. The minimum absolute atomic E-state index is 0.176. The summed E-state index contributed by atoms with van der Waals surface area (Å²) in [6.45, 7) is 3.60. The third-order valence-corrected chi connectivity index (χ3v) is 7.86. The first kappa shape index (κ1) is 25.2. The molecule has 0 aliphatic rings. The Hall–Kier alpha value is -3.94. The van der Waals surface area contributed by atoms with E-state index in [0.717, 1.165) is 5.56 Å². The average Bonchev–Trinajstić information content (AvgIpc) is 2.93. The highest BCUT2D eigenvalue weighted by Gasteiger charge is 2.28. The summed E-state index contributed by atoms with van der Waals surface area (Å²) in [7, 11) is -0.231. The highest BCUT2D eigenvalue weighted by atomic mass is 32.2. The summed E-state index contributed by atoms with van der Waals surface area (Å²) in [6, 6.07) is 38.5. The molecule has 36 heavy (non-hydrogen) atoms. The van der Waals surface area contributed by atoms with Gasteiger partial charge in [0, 0.05) is 5.56 Å². The summed E-state index contributed by atoms with van der Waals surface area (Å²) in [5.41, 5.74) is 0.00873. The van der Waals surface area contributed by atoms with Crippen molar-refractivity contribution < 1.29 is 14.3 Å². The smallest absolute Gasteiger partial charge is 0.345 e. The molecule has 0 fully saturated rings. The fourth-order valence-electron chi connectivity index (χ4n) is 3.53. The van der Waals surface area contributed by atoms with Crippen molar-refractivity contribution in [3.05, 3.63) is 121 Å². The Morgan fingerprint density at radius 1 is 0.750 bits per heavy atom. The van der Waals surface area contributed by atoms with Crippen LogP contribution in [0.4, 0.5) is 0 Å². The number of hydrogen-bond donors (Lipinski definition) is 0. The highest BCUT2D eigenvalue weighted by Crippen LogP contribution is 2.31. The van der Waals surface area contributed by atoms with Crippen LogP contribution in [0.1, 0.15) is 25.8 Å². The Labute approximate surface area is 216 Å². The minimum Gasteiger partial charge on any atom is -0.482 e. The second kappa shape index (κ2) is 12.2. The van der Waals surface area contributed by atoms with E-state index in [9.17, 15) is 4.79 Å². The van der Waals surface area contributed by atoms with Crippen LogP contribution >= 0.6 is 0 Å². The van der Waals surface area contributed by atoms with Gasteiger partial charge in [0.05, 0.1) is 10.9 Å². The number of rotatable bonds is 8. The van der Waals surface area contributed by atoms with Gasteiger partial charge in [-0.3, -0.25) is 0 Å². The molecular weight excluding hydrogens is 464 g/mol. The largest absolute Gasteiger partial charge is 0.482 e. The second-order valence-electron chi connectivity index (χ2n) is 8.37. The Bertz CT molecular complexity index is 1270. The van der Waals surface area contributed by atoms with Gasteiger partial charge in [-0.1, -0.05) is 73.4 Å². The lowest BCUT2D eigenvalue weighted by Crippen LogP contribution is -2.31. The quantitative estimate of drug-likeness (QED) is 0.152. The summed E-state index contributed by atoms with van der Waals surface area (Å²) in [5, 5.41) is 0.